The molecule has 0 bridgehead atoms. The van der Waals surface area contributed by atoms with E-state index in [4.69, 9.17) is 23.2 Å². The number of fused-ring (bicyclic) bond motifs is 1. The second-order valence-electron chi connectivity index (χ2n) is 13.0. The van der Waals surface area contributed by atoms with Crippen LogP contribution in [0.3, 0.4) is 0 Å². The van der Waals surface area contributed by atoms with Gasteiger partial charge in [-0.3, -0.25) is 9.59 Å². The first kappa shape index (κ1) is 33.4. The monoisotopic (exact) mass is 683 g/mol. The van der Waals surface area contributed by atoms with E-state index in [0.717, 1.165) is 37.2 Å². The Morgan fingerprint density at radius 1 is 0.830 bits per heavy atom. The lowest BCUT2D eigenvalue weighted by molar-refractivity contribution is -0.140. The zero-order chi connectivity index (χ0) is 32.9. The van der Waals surface area contributed by atoms with Crippen molar-refractivity contribution in [2.45, 2.75) is 76.0 Å². The van der Waals surface area contributed by atoms with Gasteiger partial charge in [-0.15, -0.1) is 0 Å². The molecular weight excluding hydrogens is 641 g/mol. The molecule has 4 aliphatic heterocycles. The van der Waals surface area contributed by atoms with Gasteiger partial charge in [0, 0.05) is 66.2 Å². The summed E-state index contributed by atoms with van der Waals surface area (Å²) in [5.74, 6) is -0.460. The zero-order valence-corrected chi connectivity index (χ0v) is 28.1. The summed E-state index contributed by atoms with van der Waals surface area (Å²) in [7, 11) is 0. The third-order valence-corrected chi connectivity index (χ3v) is 10.3. The fraction of sp³-hybridized carbons (Fsp3) is 0.529. The zero-order valence-electron chi connectivity index (χ0n) is 26.6. The van der Waals surface area contributed by atoms with Crippen LogP contribution in [0.5, 0.6) is 0 Å². The number of piperidine rings is 3. The number of carbonyl (C=O) groups is 4. The summed E-state index contributed by atoms with van der Waals surface area (Å²) in [6, 6.07) is 11.1. The minimum absolute atomic E-state index is 0.000502. The molecule has 2 aromatic carbocycles. The Labute approximate surface area is 285 Å². The van der Waals surface area contributed by atoms with Crippen molar-refractivity contribution in [3.05, 3.63) is 58.1 Å². The van der Waals surface area contributed by atoms with Gasteiger partial charge in [0.2, 0.25) is 11.8 Å². The second kappa shape index (κ2) is 15.1. The van der Waals surface area contributed by atoms with E-state index in [2.05, 4.69) is 20.9 Å². The average Bonchev–Trinajstić information content (AvgIpc) is 3.07. The molecule has 11 nitrogen and oxygen atoms in total. The maximum Gasteiger partial charge on any atom is 0.322 e. The predicted octanol–water partition coefficient (Wildman–Crippen LogP) is 5.39. The fourth-order valence-corrected chi connectivity index (χ4v) is 7.88. The molecule has 2 aromatic rings. The minimum Gasteiger partial charge on any atom is -0.342 e. The number of nitrogens with one attached hydrogen (secondary N) is 3. The Hall–Kier alpha value is -3.54. The van der Waals surface area contributed by atoms with E-state index in [1.807, 2.05) is 29.2 Å². The van der Waals surface area contributed by atoms with E-state index in [9.17, 15) is 19.2 Å². The van der Waals surface area contributed by atoms with Crippen molar-refractivity contribution < 1.29 is 19.2 Å². The van der Waals surface area contributed by atoms with E-state index in [-0.39, 0.29) is 30.3 Å². The van der Waals surface area contributed by atoms with Crippen molar-refractivity contribution >= 4 is 58.5 Å². The van der Waals surface area contributed by atoms with Crippen LogP contribution < -0.4 is 16.0 Å². The highest BCUT2D eigenvalue weighted by Gasteiger charge is 2.36. The molecule has 1 atom stereocenters. The number of anilines is 2. The first-order valence-corrected chi connectivity index (χ1v) is 17.5. The molecule has 0 aromatic heterocycles. The van der Waals surface area contributed by atoms with Crippen LogP contribution in [0.15, 0.2) is 42.5 Å². The van der Waals surface area contributed by atoms with E-state index >= 15 is 0 Å². The van der Waals surface area contributed by atoms with Crippen LogP contribution in [0.25, 0.3) is 0 Å². The smallest absolute Gasteiger partial charge is 0.322 e. The molecule has 0 saturated carbocycles. The Bertz CT molecular complexity index is 1450. The number of hydrogen-bond donors (Lipinski definition) is 3. The van der Waals surface area contributed by atoms with Crippen LogP contribution >= 0.6 is 23.2 Å². The normalized spacial score (nSPS) is 20.3. The molecule has 4 heterocycles. The number of para-hydroxylation sites is 1. The topological polar surface area (TPSA) is 117 Å². The molecule has 3 saturated heterocycles. The van der Waals surface area contributed by atoms with Gasteiger partial charge in [-0.1, -0.05) is 47.8 Å². The van der Waals surface area contributed by atoms with Crippen molar-refractivity contribution in [1.82, 2.24) is 24.9 Å². The molecular formula is C34H43Cl2N7O4. The van der Waals surface area contributed by atoms with Crippen LogP contribution in [0.2, 0.25) is 10.0 Å². The summed E-state index contributed by atoms with van der Waals surface area (Å²) in [5.41, 5.74) is 2.28. The summed E-state index contributed by atoms with van der Waals surface area (Å²) in [6.07, 6.45) is 6.58. The van der Waals surface area contributed by atoms with Crippen molar-refractivity contribution in [2.24, 2.45) is 0 Å². The highest BCUT2D eigenvalue weighted by atomic mass is 35.5. The van der Waals surface area contributed by atoms with Crippen LogP contribution in [0.4, 0.5) is 21.0 Å². The Morgan fingerprint density at radius 2 is 1.47 bits per heavy atom. The van der Waals surface area contributed by atoms with E-state index in [0.29, 0.717) is 67.3 Å². The van der Waals surface area contributed by atoms with E-state index < -0.39 is 12.1 Å². The first-order chi connectivity index (χ1) is 22.7. The lowest BCUT2D eigenvalue weighted by Gasteiger charge is -2.41. The molecule has 0 aliphatic carbocycles. The average molecular weight is 685 g/mol. The molecule has 6 rings (SSSR count). The quantitative estimate of drug-likeness (QED) is 0.362. The van der Waals surface area contributed by atoms with Gasteiger partial charge in [0.25, 0.3) is 0 Å². The number of rotatable bonds is 7. The van der Waals surface area contributed by atoms with Gasteiger partial charge < -0.3 is 35.6 Å². The summed E-state index contributed by atoms with van der Waals surface area (Å²) in [4.78, 5) is 61.4. The first-order valence-electron chi connectivity index (χ1n) is 16.7. The van der Waals surface area contributed by atoms with Crippen LogP contribution in [0.1, 0.15) is 56.9 Å². The van der Waals surface area contributed by atoms with Gasteiger partial charge in [0.05, 0.1) is 6.42 Å². The Kier molecular flexibility index (Phi) is 10.7. The number of benzene rings is 2. The van der Waals surface area contributed by atoms with E-state index in [1.54, 1.807) is 28.0 Å². The van der Waals surface area contributed by atoms with Gasteiger partial charge in [0.15, 0.2) is 0 Å². The maximum atomic E-state index is 13.9. The summed E-state index contributed by atoms with van der Waals surface area (Å²) in [6.45, 7) is 4.85. The summed E-state index contributed by atoms with van der Waals surface area (Å²) >= 11 is 12.2. The highest BCUT2D eigenvalue weighted by Crippen LogP contribution is 2.28. The van der Waals surface area contributed by atoms with Crippen molar-refractivity contribution in [3.8, 4) is 0 Å². The molecule has 3 fully saturated rings. The number of likely N-dealkylation sites (tertiary alicyclic amines) is 3. The molecule has 0 radical (unpaired) electrons. The molecule has 0 spiro atoms. The molecule has 47 heavy (non-hydrogen) atoms. The SMILES string of the molecule is O=C(Nc1cc(Cl)cc(Cl)c1)N[C@@H](CC(=O)N1CCC(N2Cc3ccccc3NC2=O)CC1)C(=O)N1CCC(N2CCCCC2)CC1. The van der Waals surface area contributed by atoms with Crippen LogP contribution in [-0.4, -0.2) is 101 Å². The van der Waals surface area contributed by atoms with Crippen molar-refractivity contribution in [2.75, 3.05) is 49.9 Å². The lowest BCUT2D eigenvalue weighted by Crippen LogP contribution is -2.56. The second-order valence-corrected chi connectivity index (χ2v) is 13.9. The predicted molar refractivity (Wildman–Crippen MR) is 183 cm³/mol. The Balaban J connectivity index is 1.08. The van der Waals surface area contributed by atoms with E-state index in [1.165, 1.54) is 19.3 Å². The number of halogens is 2. The minimum atomic E-state index is -1.04. The van der Waals surface area contributed by atoms with Gasteiger partial charge in [-0.2, -0.15) is 0 Å². The standard InChI is InChI=1S/C34H43Cl2N7O4/c35-24-18-25(36)20-26(19-24)37-33(46)38-30(32(45)42-16-8-27(9-17-42)40-12-4-1-5-13-40)21-31(44)41-14-10-28(11-15-41)43-22-23-6-2-3-7-29(23)39-34(43)47/h2-3,6-7,18-20,27-28,30H,1,4-5,8-17,21-22H2,(H,39,47)(H2,37,38,46)/t30-/m0/s1. The Morgan fingerprint density at radius 3 is 2.17 bits per heavy atom. The summed E-state index contributed by atoms with van der Waals surface area (Å²) in [5, 5.41) is 9.18. The summed E-state index contributed by atoms with van der Waals surface area (Å²) < 4.78 is 0. The van der Waals surface area contributed by atoms with Gasteiger partial charge >= 0.3 is 12.1 Å². The van der Waals surface area contributed by atoms with Gasteiger partial charge in [0.1, 0.15) is 6.04 Å². The van der Waals surface area contributed by atoms with Crippen molar-refractivity contribution in [1.29, 1.82) is 0 Å². The number of urea groups is 2. The lowest BCUT2D eigenvalue weighted by atomic mass is 9.98. The molecule has 0 unspecified atom stereocenters. The number of hydrogen-bond acceptors (Lipinski definition) is 5. The van der Waals surface area contributed by atoms with Crippen LogP contribution in [-0.2, 0) is 16.1 Å². The highest BCUT2D eigenvalue weighted by molar-refractivity contribution is 6.35. The maximum absolute atomic E-state index is 13.9. The third-order valence-electron chi connectivity index (χ3n) is 9.90. The largest absolute Gasteiger partial charge is 0.342 e. The fourth-order valence-electron chi connectivity index (χ4n) is 7.35. The number of nitrogens with zero attached hydrogens (tertiary/aromatic N) is 4. The van der Waals surface area contributed by atoms with Gasteiger partial charge in [-0.05, 0) is 81.4 Å². The molecule has 252 valence electrons. The van der Waals surface area contributed by atoms with Crippen molar-refractivity contribution in [3.63, 3.8) is 0 Å². The van der Waals surface area contributed by atoms with Gasteiger partial charge in [-0.25, -0.2) is 9.59 Å². The molecule has 6 amide bonds. The number of carbonyl (C=O) groups excluding carboxylic acids is 4. The number of amides is 6. The molecule has 3 N–H and O–H groups in total. The molecule has 4 aliphatic rings. The van der Waals surface area contributed by atoms with Crippen LogP contribution in [0, 0.1) is 0 Å². The molecule has 13 heteroatoms. The third kappa shape index (κ3) is 8.31.